The number of allylic oxidation sites excluding steroid dienone is 1. The fourth-order valence-corrected chi connectivity index (χ4v) is 1.25. The molecule has 15 heavy (non-hydrogen) atoms. The van der Waals surface area contributed by atoms with Gasteiger partial charge in [0.25, 0.3) is 0 Å². The van der Waals surface area contributed by atoms with Gasteiger partial charge in [0.2, 0.25) is 0 Å². The monoisotopic (exact) mass is 213 g/mol. The summed E-state index contributed by atoms with van der Waals surface area (Å²) in [5.74, 6) is 0.289. The number of rotatable bonds is 6. The zero-order valence-corrected chi connectivity index (χ0v) is 10.5. The lowest BCUT2D eigenvalue weighted by atomic mass is 10.1. The quantitative estimate of drug-likeness (QED) is 0.385. The first kappa shape index (κ1) is 14.2. The summed E-state index contributed by atoms with van der Waals surface area (Å²) in [5.41, 5.74) is 0. The van der Waals surface area contributed by atoms with Crippen molar-refractivity contribution >= 4 is 5.97 Å². The Kier molecular flexibility index (Phi) is 7.05. The predicted octanol–water partition coefficient (Wildman–Crippen LogP) is 2.43. The molecule has 0 saturated heterocycles. The van der Waals surface area contributed by atoms with Gasteiger partial charge in [-0.15, -0.1) is 0 Å². The molecule has 0 rings (SSSR count). The number of esters is 1. The van der Waals surface area contributed by atoms with Crippen LogP contribution in [-0.2, 0) is 9.53 Å². The maximum atomic E-state index is 11.1. The molecular formula is C12H23NO2. The van der Waals surface area contributed by atoms with E-state index in [1.165, 1.54) is 6.08 Å². The first-order valence-electron chi connectivity index (χ1n) is 5.56. The van der Waals surface area contributed by atoms with E-state index in [1.54, 1.807) is 13.0 Å². The fourth-order valence-electron chi connectivity index (χ4n) is 1.25. The number of hydrogen-bond donors (Lipinski definition) is 0. The second kappa shape index (κ2) is 7.46. The first-order chi connectivity index (χ1) is 7.02. The Morgan fingerprint density at radius 2 is 2.00 bits per heavy atom. The van der Waals surface area contributed by atoms with Gasteiger partial charge < -0.3 is 4.74 Å². The van der Waals surface area contributed by atoms with Crippen molar-refractivity contribution in [2.24, 2.45) is 5.92 Å². The summed E-state index contributed by atoms with van der Waals surface area (Å²) < 4.78 is 5.11. The number of carbonyl (C=O) groups excluding carboxylic acids is 1. The third-order valence-electron chi connectivity index (χ3n) is 2.62. The molecule has 0 saturated carbocycles. The minimum absolute atomic E-state index is 0.271. The van der Waals surface area contributed by atoms with Gasteiger partial charge in [-0.3, -0.25) is 4.90 Å². The van der Waals surface area contributed by atoms with Gasteiger partial charge in [-0.05, 0) is 26.3 Å². The van der Waals surface area contributed by atoms with E-state index >= 15 is 0 Å². The molecular weight excluding hydrogens is 190 g/mol. The normalized spacial score (nSPS) is 13.8. The average molecular weight is 213 g/mol. The highest BCUT2D eigenvalue weighted by Gasteiger charge is 2.16. The molecule has 0 aromatic heterocycles. The number of nitrogens with zero attached hydrogens (tertiary/aromatic N) is 1. The molecule has 0 amide bonds. The number of carbonyl (C=O) groups is 1. The summed E-state index contributed by atoms with van der Waals surface area (Å²) in [6, 6.07) is 0.424. The highest BCUT2D eigenvalue weighted by molar-refractivity contribution is 5.81. The van der Waals surface area contributed by atoms with E-state index < -0.39 is 0 Å². The zero-order valence-electron chi connectivity index (χ0n) is 10.5. The van der Waals surface area contributed by atoms with Gasteiger partial charge in [0.1, 0.15) is 6.73 Å². The van der Waals surface area contributed by atoms with Crippen molar-refractivity contribution in [2.75, 3.05) is 13.3 Å². The van der Waals surface area contributed by atoms with Crippen LogP contribution in [0.3, 0.4) is 0 Å². The molecule has 0 aromatic rings. The van der Waals surface area contributed by atoms with Crippen molar-refractivity contribution in [2.45, 2.75) is 40.7 Å². The molecule has 88 valence electrons. The van der Waals surface area contributed by atoms with Crippen LogP contribution >= 0.6 is 0 Å². The Morgan fingerprint density at radius 1 is 1.40 bits per heavy atom. The summed E-state index contributed by atoms with van der Waals surface area (Å²) in [5, 5.41) is 0. The van der Waals surface area contributed by atoms with Crippen LogP contribution in [0.15, 0.2) is 12.2 Å². The molecule has 3 nitrogen and oxygen atoms in total. The molecule has 0 heterocycles. The largest absolute Gasteiger partial charge is 0.446 e. The van der Waals surface area contributed by atoms with Gasteiger partial charge in [0.05, 0.1) is 0 Å². The maximum Gasteiger partial charge on any atom is 0.331 e. The van der Waals surface area contributed by atoms with Crippen LogP contribution in [0.25, 0.3) is 0 Å². The van der Waals surface area contributed by atoms with Crippen LogP contribution in [0.2, 0.25) is 0 Å². The Balaban J connectivity index is 4.05. The highest BCUT2D eigenvalue weighted by atomic mass is 16.5. The van der Waals surface area contributed by atoms with E-state index in [0.29, 0.717) is 18.7 Å². The lowest BCUT2D eigenvalue weighted by Gasteiger charge is -2.29. The average Bonchev–Trinajstić information content (AvgIpc) is 2.18. The van der Waals surface area contributed by atoms with Crippen molar-refractivity contribution in [3.8, 4) is 0 Å². The second-order valence-electron chi connectivity index (χ2n) is 3.98. The van der Waals surface area contributed by atoms with Crippen molar-refractivity contribution in [1.82, 2.24) is 4.90 Å². The second-order valence-corrected chi connectivity index (χ2v) is 3.98. The molecule has 0 aliphatic heterocycles. The minimum Gasteiger partial charge on any atom is -0.446 e. The van der Waals surface area contributed by atoms with E-state index in [1.807, 2.05) is 0 Å². The van der Waals surface area contributed by atoms with E-state index in [-0.39, 0.29) is 5.97 Å². The molecule has 0 fully saturated rings. The van der Waals surface area contributed by atoms with Crippen molar-refractivity contribution in [1.29, 1.82) is 0 Å². The van der Waals surface area contributed by atoms with Gasteiger partial charge in [0.15, 0.2) is 0 Å². The third-order valence-corrected chi connectivity index (χ3v) is 2.62. The first-order valence-corrected chi connectivity index (χ1v) is 5.56. The zero-order chi connectivity index (χ0) is 11.8. The topological polar surface area (TPSA) is 29.5 Å². The summed E-state index contributed by atoms with van der Waals surface area (Å²) in [6.07, 6.45) is 3.12. The van der Waals surface area contributed by atoms with Crippen molar-refractivity contribution in [3.63, 3.8) is 0 Å². The van der Waals surface area contributed by atoms with Gasteiger partial charge in [-0.25, -0.2) is 4.79 Å². The fraction of sp³-hybridized carbons (Fsp3) is 0.750. The SMILES string of the molecule is C/C=C/C(=O)OCN(CC)C(C)C(C)C. The van der Waals surface area contributed by atoms with E-state index in [4.69, 9.17) is 4.74 Å². The van der Waals surface area contributed by atoms with Crippen LogP contribution in [0.4, 0.5) is 0 Å². The number of hydrogen-bond acceptors (Lipinski definition) is 3. The highest BCUT2D eigenvalue weighted by Crippen LogP contribution is 2.09. The lowest BCUT2D eigenvalue weighted by Crippen LogP contribution is -2.38. The van der Waals surface area contributed by atoms with Gasteiger partial charge in [0, 0.05) is 12.1 Å². The summed E-state index contributed by atoms with van der Waals surface area (Å²) >= 11 is 0. The van der Waals surface area contributed by atoms with Gasteiger partial charge >= 0.3 is 5.97 Å². The molecule has 0 radical (unpaired) electrons. The van der Waals surface area contributed by atoms with E-state index in [9.17, 15) is 4.79 Å². The third kappa shape index (κ3) is 5.57. The van der Waals surface area contributed by atoms with Crippen LogP contribution in [0.5, 0.6) is 0 Å². The molecule has 1 unspecified atom stereocenters. The molecule has 0 spiro atoms. The Bertz CT molecular complexity index is 212. The Morgan fingerprint density at radius 3 is 2.40 bits per heavy atom. The molecule has 3 heteroatoms. The van der Waals surface area contributed by atoms with E-state index in [2.05, 4.69) is 32.6 Å². The molecule has 0 bridgehead atoms. The summed E-state index contributed by atoms with van der Waals surface area (Å²) in [4.78, 5) is 13.3. The summed E-state index contributed by atoms with van der Waals surface area (Å²) in [7, 11) is 0. The lowest BCUT2D eigenvalue weighted by molar-refractivity contribution is -0.143. The number of ether oxygens (including phenoxy) is 1. The maximum absolute atomic E-state index is 11.1. The van der Waals surface area contributed by atoms with Crippen LogP contribution in [0, 0.1) is 5.92 Å². The predicted molar refractivity (Wildman–Crippen MR) is 62.5 cm³/mol. The standard InChI is InChI=1S/C12H23NO2/c1-6-8-12(14)15-9-13(7-2)11(5)10(3)4/h6,8,10-11H,7,9H2,1-5H3/b8-6+. The molecule has 0 N–H and O–H groups in total. The molecule has 0 aliphatic carbocycles. The van der Waals surface area contributed by atoms with E-state index in [0.717, 1.165) is 6.54 Å². The van der Waals surface area contributed by atoms with Gasteiger partial charge in [-0.1, -0.05) is 26.8 Å². The molecule has 1 atom stereocenters. The Labute approximate surface area is 93.1 Å². The molecule has 0 aliphatic rings. The van der Waals surface area contributed by atoms with Crippen molar-refractivity contribution < 1.29 is 9.53 Å². The van der Waals surface area contributed by atoms with Crippen LogP contribution < -0.4 is 0 Å². The molecule has 0 aromatic carbocycles. The minimum atomic E-state index is -0.271. The van der Waals surface area contributed by atoms with Crippen LogP contribution in [-0.4, -0.2) is 30.2 Å². The van der Waals surface area contributed by atoms with Crippen LogP contribution in [0.1, 0.15) is 34.6 Å². The summed E-state index contributed by atoms with van der Waals surface area (Å²) in [6.45, 7) is 11.6. The smallest absolute Gasteiger partial charge is 0.331 e. The Hall–Kier alpha value is -0.830. The van der Waals surface area contributed by atoms with Gasteiger partial charge in [-0.2, -0.15) is 0 Å². The van der Waals surface area contributed by atoms with Crippen molar-refractivity contribution in [3.05, 3.63) is 12.2 Å².